The smallest absolute Gasteiger partial charge is 0.149 e. The molecule has 1 aromatic carbocycles. The van der Waals surface area contributed by atoms with Crippen LogP contribution in [0.5, 0.6) is 5.75 Å². The van der Waals surface area contributed by atoms with E-state index in [1.54, 1.807) is 12.1 Å². The van der Waals surface area contributed by atoms with Gasteiger partial charge in [-0.2, -0.15) is 0 Å². The van der Waals surface area contributed by atoms with Crippen LogP contribution in [0.1, 0.15) is 39.5 Å². The molecule has 0 aromatic heterocycles. The van der Waals surface area contributed by atoms with Gasteiger partial charge in [-0.25, -0.2) is 4.39 Å². The van der Waals surface area contributed by atoms with Gasteiger partial charge in [0.15, 0.2) is 0 Å². The Hall–Kier alpha value is -1.25. The van der Waals surface area contributed by atoms with Gasteiger partial charge in [0.05, 0.1) is 6.61 Å². The topological polar surface area (TPSA) is 35.2 Å². The molecule has 3 heteroatoms. The van der Waals surface area contributed by atoms with E-state index in [2.05, 4.69) is 13.8 Å². The molecular formula is C14H22FNO. The fourth-order valence-corrected chi connectivity index (χ4v) is 1.75. The molecule has 0 spiro atoms. The minimum Gasteiger partial charge on any atom is -0.491 e. The van der Waals surface area contributed by atoms with Crippen molar-refractivity contribution >= 4 is 5.69 Å². The van der Waals surface area contributed by atoms with Crippen LogP contribution < -0.4 is 10.5 Å². The van der Waals surface area contributed by atoms with Crippen molar-refractivity contribution in [2.45, 2.75) is 39.5 Å². The van der Waals surface area contributed by atoms with Crippen molar-refractivity contribution in [1.82, 2.24) is 0 Å². The Morgan fingerprint density at radius 2 is 2.12 bits per heavy atom. The minimum absolute atomic E-state index is 0.109. The number of ether oxygens (including phenoxy) is 1. The molecule has 1 unspecified atom stereocenters. The maximum absolute atomic E-state index is 13.2. The number of rotatable bonds is 7. The Morgan fingerprint density at radius 3 is 2.76 bits per heavy atom. The van der Waals surface area contributed by atoms with Crippen LogP contribution in [0.15, 0.2) is 18.2 Å². The van der Waals surface area contributed by atoms with Crippen LogP contribution in [0.4, 0.5) is 10.1 Å². The number of halogens is 1. The van der Waals surface area contributed by atoms with Gasteiger partial charge in [0, 0.05) is 0 Å². The van der Waals surface area contributed by atoms with Crippen LogP contribution in [0.3, 0.4) is 0 Å². The molecule has 1 aromatic rings. The SMILES string of the molecule is CCCCC(CC)COc1cccc(F)c1N. The summed E-state index contributed by atoms with van der Waals surface area (Å²) in [6.45, 7) is 4.95. The molecule has 0 aliphatic rings. The van der Waals surface area contributed by atoms with Gasteiger partial charge in [-0.1, -0.05) is 39.2 Å². The van der Waals surface area contributed by atoms with Crippen LogP contribution in [0, 0.1) is 11.7 Å². The Morgan fingerprint density at radius 1 is 1.35 bits per heavy atom. The minimum atomic E-state index is -0.413. The second kappa shape index (κ2) is 7.15. The lowest BCUT2D eigenvalue weighted by molar-refractivity contribution is 0.234. The van der Waals surface area contributed by atoms with Gasteiger partial charge in [0.1, 0.15) is 17.3 Å². The molecule has 1 rings (SSSR count). The van der Waals surface area contributed by atoms with E-state index in [4.69, 9.17) is 10.5 Å². The number of para-hydroxylation sites is 1. The number of benzene rings is 1. The van der Waals surface area contributed by atoms with E-state index in [9.17, 15) is 4.39 Å². The van der Waals surface area contributed by atoms with Crippen molar-refractivity contribution in [3.05, 3.63) is 24.0 Å². The fourth-order valence-electron chi connectivity index (χ4n) is 1.75. The summed E-state index contributed by atoms with van der Waals surface area (Å²) < 4.78 is 18.8. The molecule has 96 valence electrons. The summed E-state index contributed by atoms with van der Waals surface area (Å²) in [5.41, 5.74) is 5.72. The Balaban J connectivity index is 2.50. The van der Waals surface area contributed by atoms with Gasteiger partial charge in [-0.3, -0.25) is 0 Å². The summed E-state index contributed by atoms with van der Waals surface area (Å²) in [6.07, 6.45) is 4.64. The molecule has 0 saturated carbocycles. The quantitative estimate of drug-likeness (QED) is 0.730. The average molecular weight is 239 g/mol. The number of nitrogens with two attached hydrogens (primary N) is 1. The third-order valence-electron chi connectivity index (χ3n) is 3.03. The van der Waals surface area contributed by atoms with Crippen LogP contribution >= 0.6 is 0 Å². The maximum atomic E-state index is 13.2. The van der Waals surface area contributed by atoms with Gasteiger partial charge in [-0.15, -0.1) is 0 Å². The lowest BCUT2D eigenvalue weighted by Crippen LogP contribution is -2.12. The Kier molecular flexibility index (Phi) is 5.81. The third kappa shape index (κ3) is 4.25. The predicted octanol–water partition coefficient (Wildman–Crippen LogP) is 4.00. The first-order valence-electron chi connectivity index (χ1n) is 6.35. The molecule has 0 fully saturated rings. The monoisotopic (exact) mass is 239 g/mol. The van der Waals surface area contributed by atoms with Crippen LogP contribution in [-0.2, 0) is 0 Å². The zero-order chi connectivity index (χ0) is 12.7. The second-order valence-electron chi connectivity index (χ2n) is 4.38. The van der Waals surface area contributed by atoms with Gasteiger partial charge in [0.2, 0.25) is 0 Å². The summed E-state index contributed by atoms with van der Waals surface area (Å²) in [6, 6.07) is 4.68. The predicted molar refractivity (Wildman–Crippen MR) is 69.6 cm³/mol. The molecule has 1 atom stereocenters. The molecule has 2 N–H and O–H groups in total. The average Bonchev–Trinajstić information content (AvgIpc) is 2.34. The van der Waals surface area contributed by atoms with E-state index in [1.807, 2.05) is 0 Å². The van der Waals surface area contributed by atoms with Crippen molar-refractivity contribution in [3.63, 3.8) is 0 Å². The van der Waals surface area contributed by atoms with Crippen LogP contribution in [0.25, 0.3) is 0 Å². The van der Waals surface area contributed by atoms with Gasteiger partial charge in [0.25, 0.3) is 0 Å². The molecule has 0 aliphatic heterocycles. The van der Waals surface area contributed by atoms with Gasteiger partial charge >= 0.3 is 0 Å². The molecule has 0 amide bonds. The largest absolute Gasteiger partial charge is 0.491 e. The first-order chi connectivity index (χ1) is 8.19. The molecule has 0 bridgehead atoms. The number of unbranched alkanes of at least 4 members (excludes halogenated alkanes) is 1. The van der Waals surface area contributed by atoms with E-state index in [-0.39, 0.29) is 5.69 Å². The maximum Gasteiger partial charge on any atom is 0.149 e. The highest BCUT2D eigenvalue weighted by Crippen LogP contribution is 2.25. The van der Waals surface area contributed by atoms with Gasteiger partial charge in [-0.05, 0) is 24.5 Å². The number of anilines is 1. The van der Waals surface area contributed by atoms with Gasteiger partial charge < -0.3 is 10.5 Å². The third-order valence-corrected chi connectivity index (χ3v) is 3.03. The molecular weight excluding hydrogens is 217 g/mol. The van der Waals surface area contributed by atoms with E-state index >= 15 is 0 Å². The molecule has 0 saturated heterocycles. The first-order valence-corrected chi connectivity index (χ1v) is 6.35. The normalized spacial score (nSPS) is 12.4. The summed E-state index contributed by atoms with van der Waals surface area (Å²) in [4.78, 5) is 0. The highest BCUT2D eigenvalue weighted by Gasteiger charge is 2.10. The summed E-state index contributed by atoms with van der Waals surface area (Å²) in [7, 11) is 0. The highest BCUT2D eigenvalue weighted by atomic mass is 19.1. The van der Waals surface area contributed by atoms with Crippen LogP contribution in [0.2, 0.25) is 0 Å². The molecule has 0 heterocycles. The van der Waals surface area contributed by atoms with Crippen molar-refractivity contribution in [2.24, 2.45) is 5.92 Å². The first kappa shape index (κ1) is 13.8. The molecule has 17 heavy (non-hydrogen) atoms. The lowest BCUT2D eigenvalue weighted by atomic mass is 10.0. The van der Waals surface area contributed by atoms with E-state index < -0.39 is 5.82 Å². The number of hydrogen-bond donors (Lipinski definition) is 1. The number of hydrogen-bond acceptors (Lipinski definition) is 2. The summed E-state index contributed by atoms with van der Waals surface area (Å²) in [5, 5.41) is 0. The second-order valence-corrected chi connectivity index (χ2v) is 4.38. The van der Waals surface area contributed by atoms with Crippen LogP contribution in [-0.4, -0.2) is 6.61 Å². The Labute approximate surface area is 103 Å². The standard InChI is InChI=1S/C14H22FNO/c1-3-5-7-11(4-2)10-17-13-9-6-8-12(15)14(13)16/h6,8-9,11H,3-5,7,10,16H2,1-2H3. The molecule has 0 radical (unpaired) electrons. The van der Waals surface area contributed by atoms with E-state index in [0.717, 1.165) is 12.8 Å². The summed E-state index contributed by atoms with van der Waals surface area (Å²) >= 11 is 0. The Bertz CT molecular complexity index is 341. The molecule has 0 aliphatic carbocycles. The zero-order valence-corrected chi connectivity index (χ0v) is 10.7. The van der Waals surface area contributed by atoms with Crippen molar-refractivity contribution in [2.75, 3.05) is 12.3 Å². The fraction of sp³-hybridized carbons (Fsp3) is 0.571. The molecule has 2 nitrogen and oxygen atoms in total. The number of nitrogen functional groups attached to an aromatic ring is 1. The zero-order valence-electron chi connectivity index (χ0n) is 10.7. The van der Waals surface area contributed by atoms with E-state index in [0.29, 0.717) is 18.3 Å². The van der Waals surface area contributed by atoms with Crippen molar-refractivity contribution < 1.29 is 9.13 Å². The van der Waals surface area contributed by atoms with Crippen molar-refractivity contribution in [1.29, 1.82) is 0 Å². The lowest BCUT2D eigenvalue weighted by Gasteiger charge is -2.16. The van der Waals surface area contributed by atoms with E-state index in [1.165, 1.54) is 18.9 Å². The highest BCUT2D eigenvalue weighted by molar-refractivity contribution is 5.53. The van der Waals surface area contributed by atoms with Crippen molar-refractivity contribution in [3.8, 4) is 5.75 Å². The summed E-state index contributed by atoms with van der Waals surface area (Å²) in [5.74, 6) is 0.571.